The summed E-state index contributed by atoms with van der Waals surface area (Å²) in [5.74, 6) is -6.29. The van der Waals surface area contributed by atoms with E-state index in [1.54, 1.807) is 26.0 Å². The summed E-state index contributed by atoms with van der Waals surface area (Å²) in [7, 11) is 0. The zero-order valence-electron chi connectivity index (χ0n) is 15.5. The first-order valence-electron chi connectivity index (χ1n) is 8.50. The summed E-state index contributed by atoms with van der Waals surface area (Å²) in [6.07, 6.45) is 0. The predicted molar refractivity (Wildman–Crippen MR) is 94.6 cm³/mol. The topological polar surface area (TPSA) is 148 Å². The lowest BCUT2D eigenvalue weighted by Gasteiger charge is -2.17. The smallest absolute Gasteiger partial charge is 0.325 e. The molecule has 0 amide bonds. The maximum Gasteiger partial charge on any atom is 0.325 e. The van der Waals surface area contributed by atoms with E-state index in [0.29, 0.717) is 11.1 Å². The lowest BCUT2D eigenvalue weighted by atomic mass is 9.84. The summed E-state index contributed by atoms with van der Waals surface area (Å²) in [6, 6.07) is 13.4. The Morgan fingerprint density at radius 3 is 1.29 bits per heavy atom. The van der Waals surface area contributed by atoms with E-state index in [1.165, 1.54) is 24.3 Å². The van der Waals surface area contributed by atoms with Gasteiger partial charge < -0.3 is 9.47 Å². The molecule has 28 heavy (non-hydrogen) atoms. The van der Waals surface area contributed by atoms with Crippen LogP contribution in [0, 0.1) is 57.2 Å². The minimum Gasteiger partial charge on any atom is -0.465 e. The fourth-order valence-corrected chi connectivity index (χ4v) is 2.58. The van der Waals surface area contributed by atoms with Gasteiger partial charge in [0.25, 0.3) is 0 Å². The van der Waals surface area contributed by atoms with Crippen molar-refractivity contribution in [3.8, 4) is 24.3 Å². The van der Waals surface area contributed by atoms with Crippen molar-refractivity contribution in [1.82, 2.24) is 0 Å². The molecule has 142 valence electrons. The molecule has 0 spiro atoms. The second-order valence-electron chi connectivity index (χ2n) is 5.60. The third kappa shape index (κ3) is 5.07. The molecule has 8 nitrogen and oxygen atoms in total. The standard InChI is InChI=1S/C20H18N4O4/c1-3-27-19(25)17(11-23)15(9-21)13-5-7-14(8-6-13)16(10-22)18(12-24)20(26)28-4-2/h5-8,15-18H,3-4H2,1-2H3. The molecule has 0 saturated carbocycles. The van der Waals surface area contributed by atoms with Crippen LogP contribution in [0.5, 0.6) is 0 Å². The summed E-state index contributed by atoms with van der Waals surface area (Å²) in [5.41, 5.74) is 0.763. The van der Waals surface area contributed by atoms with Gasteiger partial charge in [0.1, 0.15) is 0 Å². The van der Waals surface area contributed by atoms with Crippen molar-refractivity contribution in [2.24, 2.45) is 11.8 Å². The Bertz CT molecular complexity index is 795. The van der Waals surface area contributed by atoms with Gasteiger partial charge in [-0.15, -0.1) is 0 Å². The zero-order valence-corrected chi connectivity index (χ0v) is 15.5. The van der Waals surface area contributed by atoms with Crippen LogP contribution in [0.1, 0.15) is 36.8 Å². The molecule has 0 N–H and O–H groups in total. The first-order valence-corrected chi connectivity index (χ1v) is 8.50. The quantitative estimate of drug-likeness (QED) is 0.626. The molecule has 0 aliphatic heterocycles. The SMILES string of the molecule is CCOC(=O)C(C#N)C(C#N)c1ccc(C(C#N)C(C#N)C(=O)OCC)cc1. The fraction of sp³-hybridized carbons (Fsp3) is 0.400. The van der Waals surface area contributed by atoms with Gasteiger partial charge in [-0.25, -0.2) is 0 Å². The number of nitrogens with zero attached hydrogens (tertiary/aromatic N) is 4. The lowest BCUT2D eigenvalue weighted by molar-refractivity contribution is -0.147. The van der Waals surface area contributed by atoms with Crippen molar-refractivity contribution in [3.63, 3.8) is 0 Å². The molecule has 0 radical (unpaired) electrons. The molecule has 1 aromatic rings. The largest absolute Gasteiger partial charge is 0.465 e. The number of carbonyl (C=O) groups excluding carboxylic acids is 2. The van der Waals surface area contributed by atoms with E-state index in [1.807, 2.05) is 12.1 Å². The molecular weight excluding hydrogens is 360 g/mol. The normalized spacial score (nSPS) is 13.9. The van der Waals surface area contributed by atoms with Crippen LogP contribution in [0.2, 0.25) is 0 Å². The first kappa shape index (κ1) is 22.2. The number of rotatable bonds is 8. The molecular formula is C20H18N4O4. The summed E-state index contributed by atoms with van der Waals surface area (Å²) >= 11 is 0. The van der Waals surface area contributed by atoms with Crippen molar-refractivity contribution >= 4 is 11.9 Å². The van der Waals surface area contributed by atoms with Crippen molar-refractivity contribution in [3.05, 3.63) is 35.4 Å². The van der Waals surface area contributed by atoms with Crippen molar-refractivity contribution in [2.75, 3.05) is 13.2 Å². The van der Waals surface area contributed by atoms with Gasteiger partial charge in [0, 0.05) is 0 Å². The summed E-state index contributed by atoms with van der Waals surface area (Å²) < 4.78 is 9.66. The molecule has 0 aliphatic rings. The highest BCUT2D eigenvalue weighted by Gasteiger charge is 2.33. The Hall–Kier alpha value is -3.88. The molecule has 0 aromatic heterocycles. The molecule has 0 fully saturated rings. The van der Waals surface area contributed by atoms with Crippen LogP contribution in [0.15, 0.2) is 24.3 Å². The van der Waals surface area contributed by atoms with Gasteiger partial charge in [-0.3, -0.25) is 9.59 Å². The minimum absolute atomic E-state index is 0.0847. The van der Waals surface area contributed by atoms with E-state index < -0.39 is 35.6 Å². The highest BCUT2D eigenvalue weighted by molar-refractivity contribution is 5.78. The van der Waals surface area contributed by atoms with Crippen LogP contribution >= 0.6 is 0 Å². The van der Waals surface area contributed by atoms with E-state index in [9.17, 15) is 30.6 Å². The highest BCUT2D eigenvalue weighted by atomic mass is 16.5. The number of hydrogen-bond acceptors (Lipinski definition) is 8. The highest BCUT2D eigenvalue weighted by Crippen LogP contribution is 2.29. The lowest BCUT2D eigenvalue weighted by Crippen LogP contribution is -2.23. The van der Waals surface area contributed by atoms with Crippen LogP contribution in [0.25, 0.3) is 0 Å². The van der Waals surface area contributed by atoms with Crippen LogP contribution in [-0.2, 0) is 19.1 Å². The molecule has 1 aromatic carbocycles. The minimum atomic E-state index is -1.30. The molecule has 8 heteroatoms. The number of ether oxygens (including phenoxy) is 2. The number of nitriles is 4. The van der Waals surface area contributed by atoms with Crippen LogP contribution in [0.3, 0.4) is 0 Å². The van der Waals surface area contributed by atoms with Gasteiger partial charge in [-0.05, 0) is 25.0 Å². The average Bonchev–Trinajstić information content (AvgIpc) is 2.70. The average molecular weight is 378 g/mol. The number of carbonyl (C=O) groups is 2. The molecule has 4 unspecified atom stereocenters. The number of benzene rings is 1. The monoisotopic (exact) mass is 378 g/mol. The van der Waals surface area contributed by atoms with E-state index in [-0.39, 0.29) is 13.2 Å². The number of esters is 2. The van der Waals surface area contributed by atoms with Crippen LogP contribution in [-0.4, -0.2) is 25.2 Å². The Morgan fingerprint density at radius 1 is 0.750 bits per heavy atom. The fourth-order valence-electron chi connectivity index (χ4n) is 2.58. The number of hydrogen-bond donors (Lipinski definition) is 0. The molecule has 4 atom stereocenters. The summed E-state index contributed by atoms with van der Waals surface area (Å²) in [5, 5.41) is 37.3. The van der Waals surface area contributed by atoms with Crippen LogP contribution < -0.4 is 0 Å². The summed E-state index contributed by atoms with van der Waals surface area (Å²) in [6.45, 7) is 3.36. The third-order valence-corrected chi connectivity index (χ3v) is 3.96. The van der Waals surface area contributed by atoms with Gasteiger partial charge in [0.15, 0.2) is 11.8 Å². The van der Waals surface area contributed by atoms with Crippen molar-refractivity contribution in [2.45, 2.75) is 25.7 Å². The van der Waals surface area contributed by atoms with Gasteiger partial charge in [0.05, 0.1) is 49.3 Å². The van der Waals surface area contributed by atoms with Gasteiger partial charge in [-0.2, -0.15) is 21.0 Å². The van der Waals surface area contributed by atoms with Crippen molar-refractivity contribution < 1.29 is 19.1 Å². The maximum absolute atomic E-state index is 11.9. The molecule has 0 aliphatic carbocycles. The second kappa shape index (κ2) is 11.0. The Kier molecular flexibility index (Phi) is 8.68. The van der Waals surface area contributed by atoms with Gasteiger partial charge in [-0.1, -0.05) is 24.3 Å². The third-order valence-electron chi connectivity index (χ3n) is 3.96. The predicted octanol–water partition coefficient (Wildman–Crippen LogP) is 2.31. The van der Waals surface area contributed by atoms with E-state index in [4.69, 9.17) is 9.47 Å². The second-order valence-corrected chi connectivity index (χ2v) is 5.60. The molecule has 0 bridgehead atoms. The van der Waals surface area contributed by atoms with Crippen molar-refractivity contribution in [1.29, 1.82) is 21.0 Å². The zero-order chi connectivity index (χ0) is 21.1. The van der Waals surface area contributed by atoms with E-state index in [2.05, 4.69) is 0 Å². The van der Waals surface area contributed by atoms with E-state index in [0.717, 1.165) is 0 Å². The first-order chi connectivity index (χ1) is 13.5. The molecule has 0 saturated heterocycles. The van der Waals surface area contributed by atoms with E-state index >= 15 is 0 Å². The van der Waals surface area contributed by atoms with Crippen LogP contribution in [0.4, 0.5) is 0 Å². The molecule has 1 rings (SSSR count). The Labute approximate surface area is 163 Å². The maximum atomic E-state index is 11.9. The van der Waals surface area contributed by atoms with Gasteiger partial charge in [0.2, 0.25) is 0 Å². The Balaban J connectivity index is 3.18. The molecule has 0 heterocycles. The Morgan fingerprint density at radius 2 is 1.07 bits per heavy atom. The van der Waals surface area contributed by atoms with Gasteiger partial charge >= 0.3 is 11.9 Å². The summed E-state index contributed by atoms with van der Waals surface area (Å²) in [4.78, 5) is 23.8.